The first-order valence-corrected chi connectivity index (χ1v) is 13.4. The van der Waals surface area contributed by atoms with Crippen molar-refractivity contribution in [1.82, 2.24) is 10.3 Å². The van der Waals surface area contributed by atoms with Crippen LogP contribution in [0.2, 0.25) is 0 Å². The molecule has 0 fully saturated rings. The second kappa shape index (κ2) is 14.1. The number of carbonyl (C=O) groups excluding carboxylic acids is 1. The highest BCUT2D eigenvalue weighted by Crippen LogP contribution is 2.34. The van der Waals surface area contributed by atoms with Crippen LogP contribution < -0.4 is 24.3 Å². The lowest BCUT2D eigenvalue weighted by Gasteiger charge is -2.16. The molecule has 0 aliphatic carbocycles. The Labute approximate surface area is 244 Å². The second-order valence-electron chi connectivity index (χ2n) is 9.40. The zero-order valence-corrected chi connectivity index (χ0v) is 24.1. The first-order valence-electron chi connectivity index (χ1n) is 13.4. The van der Waals surface area contributed by atoms with E-state index in [1.54, 1.807) is 18.2 Å². The maximum Gasteiger partial charge on any atom is 0.303 e. The van der Waals surface area contributed by atoms with Gasteiger partial charge in [-0.25, -0.2) is 4.98 Å². The number of amides is 1. The minimum Gasteiger partial charge on any atom is -0.496 e. The van der Waals surface area contributed by atoms with Crippen molar-refractivity contribution in [2.75, 3.05) is 27.9 Å². The highest BCUT2D eigenvalue weighted by Gasteiger charge is 2.21. The molecule has 0 aliphatic heterocycles. The summed E-state index contributed by atoms with van der Waals surface area (Å²) in [5.41, 5.74) is 3.46. The van der Waals surface area contributed by atoms with E-state index in [1.807, 2.05) is 49.4 Å². The number of nitrogens with zero attached hydrogens (tertiary/aromatic N) is 1. The van der Waals surface area contributed by atoms with Gasteiger partial charge in [-0.2, -0.15) is 0 Å². The molecule has 0 bridgehead atoms. The van der Waals surface area contributed by atoms with E-state index in [9.17, 15) is 14.7 Å². The van der Waals surface area contributed by atoms with Gasteiger partial charge >= 0.3 is 5.97 Å². The number of carbonyl (C=O) groups is 2. The molecule has 10 nitrogen and oxygen atoms in total. The maximum atomic E-state index is 13.3. The third-order valence-corrected chi connectivity index (χ3v) is 6.69. The molecule has 3 aromatic carbocycles. The molecular weight excluding hydrogens is 540 g/mol. The van der Waals surface area contributed by atoms with Crippen molar-refractivity contribution in [2.45, 2.75) is 32.7 Å². The van der Waals surface area contributed by atoms with Gasteiger partial charge in [0.1, 0.15) is 34.3 Å². The highest BCUT2D eigenvalue weighted by molar-refractivity contribution is 6.00. The van der Waals surface area contributed by atoms with Crippen molar-refractivity contribution in [2.24, 2.45) is 0 Å². The largest absolute Gasteiger partial charge is 0.496 e. The monoisotopic (exact) mass is 574 g/mol. The number of hydrogen-bond acceptors (Lipinski definition) is 8. The van der Waals surface area contributed by atoms with Crippen LogP contribution in [0, 0.1) is 6.92 Å². The average Bonchev–Trinajstić information content (AvgIpc) is 3.38. The van der Waals surface area contributed by atoms with Gasteiger partial charge < -0.3 is 33.8 Å². The molecule has 0 saturated heterocycles. The van der Waals surface area contributed by atoms with E-state index < -0.39 is 11.9 Å². The average molecular weight is 575 g/mol. The van der Waals surface area contributed by atoms with Crippen molar-refractivity contribution < 1.29 is 38.1 Å². The van der Waals surface area contributed by atoms with Crippen LogP contribution in [0.3, 0.4) is 0 Å². The van der Waals surface area contributed by atoms with E-state index in [0.717, 1.165) is 28.1 Å². The Kier molecular flexibility index (Phi) is 10.0. The van der Waals surface area contributed by atoms with E-state index in [4.69, 9.17) is 23.4 Å². The van der Waals surface area contributed by atoms with Crippen LogP contribution in [0.1, 0.15) is 39.4 Å². The quantitative estimate of drug-likeness (QED) is 0.208. The maximum absolute atomic E-state index is 13.3. The molecule has 10 heteroatoms. The predicted octanol–water partition coefficient (Wildman–Crippen LogP) is 5.24. The van der Waals surface area contributed by atoms with Gasteiger partial charge in [-0.15, -0.1) is 0 Å². The fourth-order valence-corrected chi connectivity index (χ4v) is 4.47. The Balaban J connectivity index is 1.47. The molecule has 220 valence electrons. The first-order chi connectivity index (χ1) is 20.3. The van der Waals surface area contributed by atoms with Crippen LogP contribution in [0.5, 0.6) is 23.0 Å². The number of methoxy groups -OCH3 is 3. The molecule has 4 rings (SSSR count). The van der Waals surface area contributed by atoms with Crippen molar-refractivity contribution in [3.63, 3.8) is 0 Å². The SMILES string of the molecule is COc1cc(OC)c(C(=O)NCc2cc(OCCc3nc(-c4ccccc4)oc3C)ccc2CCC(=O)O)c(OC)c1. The summed E-state index contributed by atoms with van der Waals surface area (Å²) < 4.78 is 28.0. The fraction of sp³-hybridized carbons (Fsp3) is 0.281. The Morgan fingerprint density at radius 3 is 2.24 bits per heavy atom. The number of oxazole rings is 1. The summed E-state index contributed by atoms with van der Waals surface area (Å²) in [7, 11) is 4.42. The van der Waals surface area contributed by atoms with Gasteiger partial charge in [0.2, 0.25) is 5.89 Å². The molecule has 0 unspecified atom stereocenters. The Bertz CT molecular complexity index is 1510. The fourth-order valence-electron chi connectivity index (χ4n) is 4.47. The van der Waals surface area contributed by atoms with Gasteiger partial charge in [-0.3, -0.25) is 9.59 Å². The minimum atomic E-state index is -0.907. The molecule has 0 saturated carbocycles. The summed E-state index contributed by atoms with van der Waals surface area (Å²) >= 11 is 0. The topological polar surface area (TPSA) is 129 Å². The standard InChI is InChI=1S/C32H34N2O8/c1-20-26(34-32(42-20)22-8-6-5-7-9-22)14-15-41-24-12-10-21(11-13-29(35)36)23(16-24)19-33-31(37)30-27(39-3)17-25(38-2)18-28(30)40-4/h5-10,12,16-18H,11,13-15,19H2,1-4H3,(H,33,37)(H,35,36). The van der Waals surface area contributed by atoms with Gasteiger partial charge in [-0.1, -0.05) is 24.3 Å². The van der Waals surface area contributed by atoms with Crippen LogP contribution in [0.4, 0.5) is 0 Å². The van der Waals surface area contributed by atoms with Crippen LogP contribution in [-0.4, -0.2) is 49.9 Å². The summed E-state index contributed by atoms with van der Waals surface area (Å²) in [5, 5.41) is 12.1. The molecule has 2 N–H and O–H groups in total. The Hall–Kier alpha value is -4.99. The summed E-state index contributed by atoms with van der Waals surface area (Å²) in [6.45, 7) is 2.36. The number of ether oxygens (including phenoxy) is 4. The summed E-state index contributed by atoms with van der Waals surface area (Å²) in [5.74, 6) is 1.63. The molecule has 42 heavy (non-hydrogen) atoms. The smallest absolute Gasteiger partial charge is 0.303 e. The zero-order chi connectivity index (χ0) is 30.1. The number of rotatable bonds is 14. The van der Waals surface area contributed by atoms with Gasteiger partial charge in [0, 0.05) is 37.1 Å². The van der Waals surface area contributed by atoms with Crippen molar-refractivity contribution in [1.29, 1.82) is 0 Å². The van der Waals surface area contributed by atoms with E-state index in [2.05, 4.69) is 10.3 Å². The van der Waals surface area contributed by atoms with Crippen molar-refractivity contribution in [3.8, 4) is 34.5 Å². The molecule has 0 spiro atoms. The lowest BCUT2D eigenvalue weighted by atomic mass is 10.0. The molecule has 4 aromatic rings. The second-order valence-corrected chi connectivity index (χ2v) is 9.40. The van der Waals surface area contributed by atoms with E-state index in [-0.39, 0.29) is 18.5 Å². The number of aryl methyl sites for hydroxylation is 2. The molecule has 0 aliphatic rings. The van der Waals surface area contributed by atoms with Gasteiger partial charge in [0.25, 0.3) is 5.91 Å². The number of aromatic nitrogens is 1. The number of carboxylic acid groups (broad SMARTS) is 1. The lowest BCUT2D eigenvalue weighted by Crippen LogP contribution is -2.24. The number of nitrogens with one attached hydrogen (secondary N) is 1. The molecular formula is C32H34N2O8. The molecule has 1 heterocycles. The number of carboxylic acids is 1. The zero-order valence-electron chi connectivity index (χ0n) is 24.1. The van der Waals surface area contributed by atoms with Crippen molar-refractivity contribution in [3.05, 3.63) is 88.8 Å². The van der Waals surface area contributed by atoms with Crippen LogP contribution >= 0.6 is 0 Å². The third kappa shape index (κ3) is 7.39. The Morgan fingerprint density at radius 2 is 1.60 bits per heavy atom. The molecule has 1 amide bonds. The van der Waals surface area contributed by atoms with E-state index >= 15 is 0 Å². The van der Waals surface area contributed by atoms with Gasteiger partial charge in [0.05, 0.1) is 33.6 Å². The highest BCUT2D eigenvalue weighted by atomic mass is 16.5. The summed E-state index contributed by atoms with van der Waals surface area (Å²) in [4.78, 5) is 29.1. The predicted molar refractivity (Wildman–Crippen MR) is 156 cm³/mol. The van der Waals surface area contributed by atoms with Crippen LogP contribution in [-0.2, 0) is 24.2 Å². The van der Waals surface area contributed by atoms with E-state index in [1.165, 1.54) is 21.3 Å². The number of aliphatic carboxylic acids is 1. The number of benzene rings is 3. The number of hydrogen-bond donors (Lipinski definition) is 2. The normalized spacial score (nSPS) is 10.7. The van der Waals surface area contributed by atoms with E-state index in [0.29, 0.717) is 48.3 Å². The van der Waals surface area contributed by atoms with Crippen LogP contribution in [0.25, 0.3) is 11.5 Å². The molecule has 0 radical (unpaired) electrons. The minimum absolute atomic E-state index is 0.0452. The molecule has 1 aromatic heterocycles. The van der Waals surface area contributed by atoms with Crippen molar-refractivity contribution >= 4 is 11.9 Å². The molecule has 0 atom stereocenters. The van der Waals surface area contributed by atoms with Gasteiger partial charge in [-0.05, 0) is 48.7 Å². The van der Waals surface area contributed by atoms with Gasteiger partial charge in [0.15, 0.2) is 0 Å². The van der Waals surface area contributed by atoms with Crippen LogP contribution in [0.15, 0.2) is 65.1 Å². The summed E-state index contributed by atoms with van der Waals surface area (Å²) in [6.07, 6.45) is 0.791. The Morgan fingerprint density at radius 1 is 0.881 bits per heavy atom. The summed E-state index contributed by atoms with van der Waals surface area (Å²) in [6, 6.07) is 18.3. The first kappa shape index (κ1) is 30.0. The third-order valence-electron chi connectivity index (χ3n) is 6.69. The lowest BCUT2D eigenvalue weighted by molar-refractivity contribution is -0.136.